The molecule has 6 fully saturated rings. The molecule has 2 amide bonds. The molecule has 0 bridgehead atoms. The Balaban J connectivity index is 1.06. The number of ether oxygens (including phenoxy) is 2. The molecule has 8 nitrogen and oxygen atoms in total. The van der Waals surface area contributed by atoms with Gasteiger partial charge < -0.3 is 25.0 Å². The summed E-state index contributed by atoms with van der Waals surface area (Å²) in [4.78, 5) is 31.1. The Morgan fingerprint density at radius 2 is 1.94 bits per heavy atom. The number of nitrogens with zero attached hydrogens (tertiary/aromatic N) is 2. The number of carbonyl (C=O) groups excluding carboxylic acids is 2. The van der Waals surface area contributed by atoms with Gasteiger partial charge in [-0.15, -0.1) is 0 Å². The van der Waals surface area contributed by atoms with E-state index in [2.05, 4.69) is 20.4 Å². The minimum absolute atomic E-state index is 0.00888. The normalized spacial score (nSPS) is 42.1. The zero-order chi connectivity index (χ0) is 23.9. The first-order chi connectivity index (χ1) is 17.1. The van der Waals surface area contributed by atoms with Crippen molar-refractivity contribution in [3.05, 3.63) is 0 Å². The third kappa shape index (κ3) is 4.53. The van der Waals surface area contributed by atoms with E-state index in [-0.39, 0.29) is 17.9 Å². The summed E-state index contributed by atoms with van der Waals surface area (Å²) in [7, 11) is 0. The van der Waals surface area contributed by atoms with E-state index in [9.17, 15) is 9.59 Å². The number of hydrogen-bond donors (Lipinski definition) is 2. The highest BCUT2D eigenvalue weighted by Gasteiger charge is 2.61. The molecule has 0 aromatic heterocycles. The Hall–Kier alpha value is -1.22. The molecule has 2 saturated carbocycles. The van der Waals surface area contributed by atoms with Crippen molar-refractivity contribution in [2.45, 2.75) is 88.6 Å². The van der Waals surface area contributed by atoms with Gasteiger partial charge in [0.25, 0.3) is 0 Å². The first kappa shape index (κ1) is 24.1. The van der Waals surface area contributed by atoms with Gasteiger partial charge >= 0.3 is 0 Å². The first-order valence-electron chi connectivity index (χ1n) is 14.4. The molecule has 9 atom stereocenters. The molecule has 2 N–H and O–H groups in total. The molecule has 0 spiro atoms. The fourth-order valence-electron chi connectivity index (χ4n) is 8.58. The summed E-state index contributed by atoms with van der Waals surface area (Å²) in [5.74, 6) is 2.33. The Kier molecular flexibility index (Phi) is 7.08. The van der Waals surface area contributed by atoms with Crippen LogP contribution in [0.2, 0.25) is 0 Å². The smallest absolute Gasteiger partial charge is 0.248 e. The highest BCUT2D eigenvalue weighted by Crippen LogP contribution is 2.54. The van der Waals surface area contributed by atoms with Gasteiger partial charge in [-0.25, -0.2) is 0 Å². The van der Waals surface area contributed by atoms with Crippen molar-refractivity contribution < 1.29 is 19.1 Å². The second kappa shape index (κ2) is 10.3. The van der Waals surface area contributed by atoms with Crippen molar-refractivity contribution in [3.8, 4) is 0 Å². The summed E-state index contributed by atoms with van der Waals surface area (Å²) in [5.41, 5.74) is 0. The molecule has 4 aliphatic heterocycles. The number of rotatable bonds is 6. The maximum absolute atomic E-state index is 13.7. The summed E-state index contributed by atoms with van der Waals surface area (Å²) >= 11 is 0. The van der Waals surface area contributed by atoms with Crippen LogP contribution in [-0.2, 0) is 19.1 Å². The lowest BCUT2D eigenvalue weighted by Gasteiger charge is -2.52. The fraction of sp³-hybridized carbons (Fsp3) is 0.926. The number of fused-ring (bicyclic) bond motifs is 5. The monoisotopic (exact) mass is 488 g/mol. The van der Waals surface area contributed by atoms with Crippen LogP contribution in [-0.4, -0.2) is 97.9 Å². The van der Waals surface area contributed by atoms with Gasteiger partial charge in [0.1, 0.15) is 6.10 Å². The SMILES string of the molecule is C[C@@H](OC1CCC2C(C1)C1CCNC3C4CCCCC4C(=O)N2C13)C(=O)NCCN1CCOCC1. The molecule has 196 valence electrons. The van der Waals surface area contributed by atoms with E-state index < -0.39 is 6.10 Å². The molecule has 0 aromatic carbocycles. The van der Waals surface area contributed by atoms with Crippen molar-refractivity contribution >= 4 is 11.8 Å². The summed E-state index contributed by atoms with van der Waals surface area (Å²) in [6.45, 7) is 7.91. The molecule has 4 heterocycles. The number of morpholine rings is 1. The quantitative estimate of drug-likeness (QED) is 0.588. The number of nitrogens with one attached hydrogen (secondary N) is 2. The predicted molar refractivity (Wildman–Crippen MR) is 132 cm³/mol. The van der Waals surface area contributed by atoms with Crippen molar-refractivity contribution in [3.63, 3.8) is 0 Å². The lowest BCUT2D eigenvalue weighted by atomic mass is 9.66. The van der Waals surface area contributed by atoms with Crippen LogP contribution in [0.25, 0.3) is 0 Å². The standard InChI is InChI=1S/C27H44N4O4/c1-17(26(32)29-10-11-30-12-14-34-15-13-30)35-18-6-7-23-22(16-18)20-8-9-28-24-19-4-2-3-5-21(19)27(33)31(23)25(20)24/h17-25,28H,2-16H2,1H3,(H,29,32)/t17-,18?,19?,20?,21?,22?,23?,24?,25?/m1/s1. The van der Waals surface area contributed by atoms with Crippen molar-refractivity contribution in [1.82, 2.24) is 20.4 Å². The fourth-order valence-corrected chi connectivity index (χ4v) is 8.58. The number of piperidine rings is 2. The zero-order valence-electron chi connectivity index (χ0n) is 21.3. The van der Waals surface area contributed by atoms with Crippen LogP contribution in [0.3, 0.4) is 0 Å². The second-order valence-electron chi connectivity index (χ2n) is 11.9. The summed E-state index contributed by atoms with van der Waals surface area (Å²) in [6, 6.07) is 1.24. The first-order valence-corrected chi connectivity index (χ1v) is 14.4. The third-order valence-corrected chi connectivity index (χ3v) is 10.2. The van der Waals surface area contributed by atoms with E-state index >= 15 is 0 Å². The average Bonchev–Trinajstić information content (AvgIpc) is 3.22. The molecular formula is C27H44N4O4. The average molecular weight is 489 g/mol. The number of carbonyl (C=O) groups is 2. The Morgan fingerprint density at radius 3 is 2.80 bits per heavy atom. The van der Waals surface area contributed by atoms with Crippen LogP contribution in [0.5, 0.6) is 0 Å². The summed E-state index contributed by atoms with van der Waals surface area (Å²) in [5, 5.41) is 6.93. The van der Waals surface area contributed by atoms with Gasteiger partial charge in [-0.1, -0.05) is 12.8 Å². The van der Waals surface area contributed by atoms with E-state index in [4.69, 9.17) is 9.47 Å². The predicted octanol–water partition coefficient (Wildman–Crippen LogP) is 1.39. The zero-order valence-corrected chi connectivity index (χ0v) is 21.3. The molecule has 6 rings (SSSR count). The minimum atomic E-state index is -0.435. The van der Waals surface area contributed by atoms with Crippen LogP contribution in [0.1, 0.15) is 58.3 Å². The lowest BCUT2D eigenvalue weighted by molar-refractivity contribution is -0.152. The highest BCUT2D eigenvalue weighted by atomic mass is 16.5. The minimum Gasteiger partial charge on any atom is -0.379 e. The molecular weight excluding hydrogens is 444 g/mol. The molecule has 0 radical (unpaired) electrons. The van der Waals surface area contributed by atoms with Gasteiger partial charge in [0.05, 0.1) is 25.4 Å². The summed E-state index contributed by atoms with van der Waals surface area (Å²) < 4.78 is 11.7. The molecule has 2 aliphatic carbocycles. The lowest BCUT2D eigenvalue weighted by Crippen LogP contribution is -2.66. The number of amides is 2. The maximum atomic E-state index is 13.7. The molecule has 35 heavy (non-hydrogen) atoms. The Morgan fingerprint density at radius 1 is 1.11 bits per heavy atom. The topological polar surface area (TPSA) is 83.1 Å². The number of hydrogen-bond acceptors (Lipinski definition) is 6. The van der Waals surface area contributed by atoms with E-state index in [0.717, 1.165) is 71.5 Å². The van der Waals surface area contributed by atoms with Gasteiger partial charge in [0.2, 0.25) is 11.8 Å². The highest BCUT2D eigenvalue weighted by molar-refractivity contribution is 5.82. The summed E-state index contributed by atoms with van der Waals surface area (Å²) in [6.07, 6.45) is 8.57. The molecule has 0 aromatic rings. The van der Waals surface area contributed by atoms with Gasteiger partial charge in [0.15, 0.2) is 0 Å². The van der Waals surface area contributed by atoms with E-state index in [1.165, 1.54) is 19.3 Å². The van der Waals surface area contributed by atoms with Gasteiger partial charge in [-0.05, 0) is 69.7 Å². The van der Waals surface area contributed by atoms with Crippen LogP contribution in [0, 0.1) is 23.7 Å². The van der Waals surface area contributed by atoms with Crippen LogP contribution >= 0.6 is 0 Å². The Labute approximate surface area is 209 Å². The maximum Gasteiger partial charge on any atom is 0.248 e. The third-order valence-electron chi connectivity index (χ3n) is 10.2. The molecule has 8 heteroatoms. The van der Waals surface area contributed by atoms with Crippen LogP contribution < -0.4 is 10.6 Å². The van der Waals surface area contributed by atoms with Crippen molar-refractivity contribution in [2.75, 3.05) is 45.9 Å². The van der Waals surface area contributed by atoms with Gasteiger partial charge in [0, 0.05) is 44.2 Å². The van der Waals surface area contributed by atoms with Crippen LogP contribution in [0.15, 0.2) is 0 Å². The van der Waals surface area contributed by atoms with Crippen LogP contribution in [0.4, 0.5) is 0 Å². The van der Waals surface area contributed by atoms with Crippen molar-refractivity contribution in [2.24, 2.45) is 23.7 Å². The molecule has 4 saturated heterocycles. The Bertz CT molecular complexity index is 789. The van der Waals surface area contributed by atoms with Gasteiger partial charge in [-0.2, -0.15) is 0 Å². The molecule has 6 aliphatic rings. The largest absolute Gasteiger partial charge is 0.379 e. The van der Waals surface area contributed by atoms with E-state index in [1.807, 2.05) is 6.92 Å². The molecule has 8 unspecified atom stereocenters. The van der Waals surface area contributed by atoms with Crippen molar-refractivity contribution in [1.29, 1.82) is 0 Å². The van der Waals surface area contributed by atoms with Gasteiger partial charge in [-0.3, -0.25) is 14.5 Å². The van der Waals surface area contributed by atoms with E-state index in [0.29, 0.717) is 48.3 Å². The second-order valence-corrected chi connectivity index (χ2v) is 11.9. The van der Waals surface area contributed by atoms with E-state index in [1.54, 1.807) is 0 Å².